The summed E-state index contributed by atoms with van der Waals surface area (Å²) in [5.74, 6) is -1.19. The normalized spacial score (nSPS) is 15.5. The molecule has 13 nitrogen and oxygen atoms in total. The van der Waals surface area contributed by atoms with Crippen LogP contribution in [-0.2, 0) is 9.59 Å². The summed E-state index contributed by atoms with van der Waals surface area (Å²) in [6, 6.07) is 0. The number of ketones is 1. The number of hydrogen-bond donors (Lipinski definition) is 8. The van der Waals surface area contributed by atoms with Crippen LogP contribution in [0.15, 0.2) is 0 Å². The lowest BCUT2D eigenvalue weighted by atomic mass is 10.0. The maximum Gasteiger partial charge on any atom is 0.226 e. The number of aliphatic hydroxyl groups is 5. The lowest BCUT2D eigenvalue weighted by Gasteiger charge is -2.23. The van der Waals surface area contributed by atoms with Gasteiger partial charge >= 0.3 is 0 Å². The molecular formula is C10H18N6O7. The van der Waals surface area contributed by atoms with Crippen molar-refractivity contribution >= 4 is 29.9 Å². The van der Waals surface area contributed by atoms with Crippen LogP contribution in [0.1, 0.15) is 0 Å². The molecule has 11 N–H and O–H groups in total. The first kappa shape index (κ1) is 20.6. The largest absolute Gasteiger partial charge is 0.394 e. The standard InChI is InChI=1S/C7H12O7.C3H6N6/c8-1-3(10)5(12)7(14)6(13)4(11)2-9;4-1-7-2(5)9-3(6)8-1/h1,4-7,9,11-14H,2H2;(H6,4,5,6,7,8,9)/t4-,5+,6-,7-;/m1./s1. The fraction of sp³-hybridized carbons (Fsp3) is 0.500. The summed E-state index contributed by atoms with van der Waals surface area (Å²) in [4.78, 5) is 30.9. The predicted molar refractivity (Wildman–Crippen MR) is 75.2 cm³/mol. The molecule has 1 aromatic rings. The van der Waals surface area contributed by atoms with Crippen molar-refractivity contribution < 1.29 is 35.1 Å². The molecule has 1 rings (SSSR count). The molecule has 1 heterocycles. The zero-order valence-corrected chi connectivity index (χ0v) is 11.7. The average Bonchev–Trinajstić information content (AvgIpc) is 2.50. The maximum atomic E-state index is 10.5. The first-order valence-corrected chi connectivity index (χ1v) is 5.98. The van der Waals surface area contributed by atoms with Crippen molar-refractivity contribution in [2.24, 2.45) is 0 Å². The van der Waals surface area contributed by atoms with Gasteiger partial charge < -0.3 is 42.7 Å². The van der Waals surface area contributed by atoms with E-state index in [4.69, 9.17) is 42.7 Å². The highest BCUT2D eigenvalue weighted by molar-refractivity contribution is 6.27. The summed E-state index contributed by atoms with van der Waals surface area (Å²) >= 11 is 0. The van der Waals surface area contributed by atoms with Crippen molar-refractivity contribution in [3.63, 3.8) is 0 Å². The molecule has 0 aliphatic carbocycles. The number of nitrogens with two attached hydrogens (primary N) is 3. The van der Waals surface area contributed by atoms with Crippen LogP contribution >= 0.6 is 0 Å². The van der Waals surface area contributed by atoms with E-state index < -0.39 is 36.8 Å². The van der Waals surface area contributed by atoms with E-state index in [0.717, 1.165) is 0 Å². The van der Waals surface area contributed by atoms with Gasteiger partial charge in [0.05, 0.1) is 6.61 Å². The van der Waals surface area contributed by atoms with Crippen molar-refractivity contribution in [3.8, 4) is 0 Å². The smallest absolute Gasteiger partial charge is 0.226 e. The monoisotopic (exact) mass is 334 g/mol. The SMILES string of the molecule is Nc1nc(N)nc(N)n1.O=CC(=O)[C@H](O)[C@@H](O)[C@H](O)[C@H](O)CO. The molecule has 0 radical (unpaired) electrons. The second-order valence-electron chi connectivity index (χ2n) is 4.11. The molecule has 0 bridgehead atoms. The number of carbonyl (C=O) groups is 2. The van der Waals surface area contributed by atoms with Crippen LogP contribution in [0.25, 0.3) is 0 Å². The molecule has 0 unspecified atom stereocenters. The van der Waals surface area contributed by atoms with Gasteiger partial charge in [0.25, 0.3) is 0 Å². The van der Waals surface area contributed by atoms with E-state index >= 15 is 0 Å². The number of hydrogen-bond acceptors (Lipinski definition) is 13. The lowest BCUT2D eigenvalue weighted by molar-refractivity contribution is -0.150. The highest BCUT2D eigenvalue weighted by atomic mass is 16.4. The second kappa shape index (κ2) is 9.54. The van der Waals surface area contributed by atoms with Crippen LogP contribution in [0.4, 0.5) is 17.8 Å². The Bertz CT molecular complexity index is 480. The fourth-order valence-electron chi connectivity index (χ4n) is 1.19. The molecule has 0 amide bonds. The first-order chi connectivity index (χ1) is 10.6. The van der Waals surface area contributed by atoms with E-state index in [1.807, 2.05) is 0 Å². The predicted octanol–water partition coefficient (Wildman–Crippen LogP) is -5.19. The van der Waals surface area contributed by atoms with Gasteiger partial charge in [-0.25, -0.2) is 0 Å². The van der Waals surface area contributed by atoms with Gasteiger partial charge in [0, 0.05) is 0 Å². The third-order valence-electron chi connectivity index (χ3n) is 2.35. The molecule has 13 heteroatoms. The number of nitrogens with zero attached hydrogens (tertiary/aromatic N) is 3. The number of nitrogen functional groups attached to an aromatic ring is 3. The number of Topliss-reactive ketones (excluding diaryl/α,β-unsaturated/α-hetero) is 1. The quantitative estimate of drug-likeness (QED) is 0.179. The van der Waals surface area contributed by atoms with Crippen molar-refractivity contribution in [2.75, 3.05) is 23.8 Å². The van der Waals surface area contributed by atoms with Crippen LogP contribution in [0.2, 0.25) is 0 Å². The number of rotatable bonds is 6. The Morgan fingerprint density at radius 1 is 0.957 bits per heavy atom. The Morgan fingerprint density at radius 3 is 1.65 bits per heavy atom. The molecule has 0 aromatic carbocycles. The topological polar surface area (TPSA) is 252 Å². The summed E-state index contributed by atoms with van der Waals surface area (Å²) in [7, 11) is 0. The Labute approximate surface area is 129 Å². The van der Waals surface area contributed by atoms with E-state index in [-0.39, 0.29) is 24.1 Å². The van der Waals surface area contributed by atoms with E-state index in [1.165, 1.54) is 0 Å². The van der Waals surface area contributed by atoms with Crippen molar-refractivity contribution in [1.82, 2.24) is 15.0 Å². The summed E-state index contributed by atoms with van der Waals surface area (Å²) in [6.45, 7) is -0.847. The average molecular weight is 334 g/mol. The molecular weight excluding hydrogens is 316 g/mol. The molecule has 0 fully saturated rings. The zero-order chi connectivity index (χ0) is 18.2. The minimum Gasteiger partial charge on any atom is -0.394 e. The second-order valence-corrected chi connectivity index (χ2v) is 4.11. The summed E-state index contributed by atoms with van der Waals surface area (Å²) in [5.41, 5.74) is 15.4. The number of aldehydes is 1. The highest BCUT2D eigenvalue weighted by Gasteiger charge is 2.33. The van der Waals surface area contributed by atoms with E-state index in [0.29, 0.717) is 0 Å². The highest BCUT2D eigenvalue weighted by Crippen LogP contribution is 2.05. The van der Waals surface area contributed by atoms with Crippen LogP contribution in [-0.4, -0.2) is 83.6 Å². The van der Waals surface area contributed by atoms with Gasteiger partial charge in [-0.15, -0.1) is 0 Å². The van der Waals surface area contributed by atoms with Gasteiger partial charge in [0.2, 0.25) is 23.6 Å². The van der Waals surface area contributed by atoms with Crippen molar-refractivity contribution in [2.45, 2.75) is 24.4 Å². The van der Waals surface area contributed by atoms with Crippen molar-refractivity contribution in [1.29, 1.82) is 0 Å². The van der Waals surface area contributed by atoms with Gasteiger partial charge in [-0.05, 0) is 0 Å². The Morgan fingerprint density at radius 2 is 1.35 bits per heavy atom. The van der Waals surface area contributed by atoms with E-state index in [9.17, 15) is 9.59 Å². The van der Waals surface area contributed by atoms with E-state index in [2.05, 4.69) is 15.0 Å². The van der Waals surface area contributed by atoms with Gasteiger partial charge in [-0.3, -0.25) is 9.59 Å². The van der Waals surface area contributed by atoms with Gasteiger partial charge in [0.1, 0.15) is 24.4 Å². The summed E-state index contributed by atoms with van der Waals surface area (Å²) < 4.78 is 0. The van der Waals surface area contributed by atoms with Crippen LogP contribution in [0.5, 0.6) is 0 Å². The molecule has 1 aromatic heterocycles. The summed E-state index contributed by atoms with van der Waals surface area (Å²) in [5, 5.41) is 44.2. The molecule has 130 valence electrons. The molecule has 0 aliphatic rings. The number of carbonyl (C=O) groups excluding carboxylic acids is 2. The minimum absolute atomic E-state index is 0.0417. The Balaban J connectivity index is 0.000000459. The van der Waals surface area contributed by atoms with E-state index in [1.54, 1.807) is 0 Å². The van der Waals surface area contributed by atoms with Gasteiger partial charge in [-0.2, -0.15) is 15.0 Å². The van der Waals surface area contributed by atoms with Gasteiger partial charge in [-0.1, -0.05) is 0 Å². The first-order valence-electron chi connectivity index (χ1n) is 5.98. The third-order valence-corrected chi connectivity index (χ3v) is 2.35. The maximum absolute atomic E-state index is 10.5. The lowest BCUT2D eigenvalue weighted by Crippen LogP contribution is -2.48. The molecule has 0 saturated carbocycles. The van der Waals surface area contributed by atoms with Gasteiger partial charge in [0.15, 0.2) is 6.29 Å². The number of aromatic nitrogens is 3. The number of anilines is 3. The fourth-order valence-corrected chi connectivity index (χ4v) is 1.19. The summed E-state index contributed by atoms with van der Waals surface area (Å²) in [6.07, 6.45) is -7.94. The molecule has 0 saturated heterocycles. The molecule has 4 atom stereocenters. The molecule has 0 aliphatic heterocycles. The Hall–Kier alpha value is -2.45. The third kappa shape index (κ3) is 6.90. The zero-order valence-electron chi connectivity index (χ0n) is 11.7. The Kier molecular flexibility index (Phi) is 8.53. The van der Waals surface area contributed by atoms with Crippen molar-refractivity contribution in [3.05, 3.63) is 0 Å². The molecule has 0 spiro atoms. The molecule has 23 heavy (non-hydrogen) atoms. The van der Waals surface area contributed by atoms with Crippen LogP contribution in [0, 0.1) is 0 Å². The van der Waals surface area contributed by atoms with Crippen LogP contribution in [0.3, 0.4) is 0 Å². The number of aliphatic hydroxyl groups excluding tert-OH is 5. The van der Waals surface area contributed by atoms with Crippen LogP contribution < -0.4 is 17.2 Å². The minimum atomic E-state index is -2.11.